The monoisotopic (exact) mass is 236 g/mol. The fraction of sp³-hybridized carbons (Fsp3) is 0.500. The van der Waals surface area contributed by atoms with Crippen molar-refractivity contribution in [2.75, 3.05) is 0 Å². The molecular formula is C10H12N4O3. The van der Waals surface area contributed by atoms with E-state index in [1.54, 1.807) is 0 Å². The first kappa shape index (κ1) is 10.3. The second-order valence-corrected chi connectivity index (χ2v) is 4.03. The van der Waals surface area contributed by atoms with Crippen molar-refractivity contribution < 1.29 is 4.74 Å². The summed E-state index contributed by atoms with van der Waals surface area (Å²) in [6, 6.07) is 0. The average Bonchev–Trinajstić information content (AvgIpc) is 2.76. The molecule has 0 aliphatic carbocycles. The van der Waals surface area contributed by atoms with E-state index in [0.717, 1.165) is 11.0 Å². The van der Waals surface area contributed by atoms with Crippen molar-refractivity contribution in [1.29, 1.82) is 0 Å². The molecule has 0 saturated carbocycles. The second-order valence-electron chi connectivity index (χ2n) is 4.03. The van der Waals surface area contributed by atoms with Crippen LogP contribution in [0.2, 0.25) is 0 Å². The standard InChI is InChI=1S/C10H12N4O3/c1-2-3-6-14-9(15)7-8(12-4-11-7)13(5-17-6)10(14)16/h4,6H,2-3,5H2,1H3,(H,11,12). The van der Waals surface area contributed by atoms with Gasteiger partial charge >= 0.3 is 5.69 Å². The molecule has 0 radical (unpaired) electrons. The first-order valence-corrected chi connectivity index (χ1v) is 5.54. The van der Waals surface area contributed by atoms with E-state index in [-0.39, 0.29) is 18.0 Å². The van der Waals surface area contributed by atoms with E-state index in [1.807, 2.05) is 6.92 Å². The van der Waals surface area contributed by atoms with E-state index in [2.05, 4.69) is 9.97 Å². The number of ether oxygens (including phenoxy) is 1. The van der Waals surface area contributed by atoms with Crippen LogP contribution >= 0.6 is 0 Å². The zero-order chi connectivity index (χ0) is 12.0. The Balaban J connectivity index is 2.38. The van der Waals surface area contributed by atoms with Gasteiger partial charge in [0.05, 0.1) is 6.33 Å². The first-order valence-electron chi connectivity index (χ1n) is 5.54. The molecule has 0 amide bonds. The summed E-state index contributed by atoms with van der Waals surface area (Å²) in [7, 11) is 0. The van der Waals surface area contributed by atoms with Crippen molar-refractivity contribution in [3.05, 3.63) is 27.2 Å². The third-order valence-corrected chi connectivity index (χ3v) is 2.96. The van der Waals surface area contributed by atoms with Gasteiger partial charge in [-0.2, -0.15) is 0 Å². The summed E-state index contributed by atoms with van der Waals surface area (Å²) in [4.78, 5) is 30.9. The number of H-pyrrole nitrogens is 1. The minimum Gasteiger partial charge on any atom is -0.339 e. The predicted octanol–water partition coefficient (Wildman–Crippen LogP) is 0.173. The molecule has 0 spiro atoms. The summed E-state index contributed by atoms with van der Waals surface area (Å²) in [5.74, 6) is 0. The average molecular weight is 236 g/mol. The van der Waals surface area contributed by atoms with Crippen LogP contribution in [-0.2, 0) is 11.5 Å². The number of nitrogens with zero attached hydrogens (tertiary/aromatic N) is 3. The molecule has 0 saturated heterocycles. The maximum absolute atomic E-state index is 12.1. The Morgan fingerprint density at radius 3 is 3.18 bits per heavy atom. The third kappa shape index (κ3) is 1.29. The van der Waals surface area contributed by atoms with Gasteiger partial charge in [0.2, 0.25) is 0 Å². The van der Waals surface area contributed by atoms with Crippen LogP contribution in [0.5, 0.6) is 0 Å². The van der Waals surface area contributed by atoms with Crippen molar-refractivity contribution in [2.24, 2.45) is 0 Å². The van der Waals surface area contributed by atoms with Gasteiger partial charge in [-0.3, -0.25) is 9.36 Å². The number of rotatable bonds is 2. The molecule has 2 bridgehead atoms. The quantitative estimate of drug-likeness (QED) is 0.806. The van der Waals surface area contributed by atoms with Gasteiger partial charge < -0.3 is 9.72 Å². The van der Waals surface area contributed by atoms with Gasteiger partial charge in [0.1, 0.15) is 18.5 Å². The molecule has 1 N–H and O–H groups in total. The van der Waals surface area contributed by atoms with Crippen LogP contribution in [0.4, 0.5) is 0 Å². The highest BCUT2D eigenvalue weighted by Gasteiger charge is 2.26. The summed E-state index contributed by atoms with van der Waals surface area (Å²) < 4.78 is 8.03. The highest BCUT2D eigenvalue weighted by atomic mass is 16.5. The number of fused-ring (bicyclic) bond motifs is 4. The van der Waals surface area contributed by atoms with Gasteiger partial charge in [-0.25, -0.2) is 14.3 Å². The minimum absolute atomic E-state index is 0.144. The van der Waals surface area contributed by atoms with Gasteiger partial charge in [0, 0.05) is 0 Å². The molecule has 90 valence electrons. The molecule has 1 aliphatic rings. The van der Waals surface area contributed by atoms with Gasteiger partial charge in [0.25, 0.3) is 5.56 Å². The van der Waals surface area contributed by atoms with Crippen LogP contribution in [-0.4, -0.2) is 19.1 Å². The highest BCUT2D eigenvalue weighted by molar-refractivity contribution is 5.68. The van der Waals surface area contributed by atoms with E-state index in [9.17, 15) is 9.59 Å². The van der Waals surface area contributed by atoms with Crippen molar-refractivity contribution in [2.45, 2.75) is 32.7 Å². The van der Waals surface area contributed by atoms with Gasteiger partial charge in [-0.15, -0.1) is 0 Å². The lowest BCUT2D eigenvalue weighted by molar-refractivity contribution is -0.0688. The van der Waals surface area contributed by atoms with E-state index in [4.69, 9.17) is 4.74 Å². The number of hydrogen-bond acceptors (Lipinski definition) is 4. The predicted molar refractivity (Wildman–Crippen MR) is 59.6 cm³/mol. The SMILES string of the molecule is CCCC1OCn2c(=O)n1c(=O)c1[nH]cnc12. The molecule has 1 atom stereocenters. The van der Waals surface area contributed by atoms with Crippen LogP contribution in [0.25, 0.3) is 11.2 Å². The molecule has 2 aromatic heterocycles. The van der Waals surface area contributed by atoms with Gasteiger partial charge in [-0.1, -0.05) is 13.3 Å². The molecule has 3 rings (SSSR count). The summed E-state index contributed by atoms with van der Waals surface area (Å²) in [5, 5.41) is 0. The Hall–Kier alpha value is -1.89. The van der Waals surface area contributed by atoms with Crippen molar-refractivity contribution >= 4 is 11.2 Å². The fourth-order valence-corrected chi connectivity index (χ4v) is 2.14. The van der Waals surface area contributed by atoms with Crippen LogP contribution in [0, 0.1) is 0 Å². The van der Waals surface area contributed by atoms with Gasteiger partial charge in [-0.05, 0) is 6.42 Å². The first-order chi connectivity index (χ1) is 8.24. The van der Waals surface area contributed by atoms with E-state index in [0.29, 0.717) is 17.6 Å². The lowest BCUT2D eigenvalue weighted by atomic mass is 10.3. The minimum atomic E-state index is -0.465. The Labute approximate surface area is 95.7 Å². The molecule has 17 heavy (non-hydrogen) atoms. The molecular weight excluding hydrogens is 224 g/mol. The van der Waals surface area contributed by atoms with Gasteiger partial charge in [0.15, 0.2) is 5.65 Å². The fourth-order valence-electron chi connectivity index (χ4n) is 2.14. The molecule has 0 fully saturated rings. The highest BCUT2D eigenvalue weighted by Crippen LogP contribution is 2.17. The van der Waals surface area contributed by atoms with Crippen LogP contribution in [0.1, 0.15) is 26.0 Å². The number of aromatic nitrogens is 4. The summed E-state index contributed by atoms with van der Waals surface area (Å²) >= 11 is 0. The summed E-state index contributed by atoms with van der Waals surface area (Å²) in [6.45, 7) is 2.13. The number of hydrogen-bond donors (Lipinski definition) is 1. The second kappa shape index (κ2) is 3.56. The zero-order valence-electron chi connectivity index (χ0n) is 9.34. The molecule has 3 heterocycles. The van der Waals surface area contributed by atoms with Crippen molar-refractivity contribution in [1.82, 2.24) is 19.1 Å². The normalized spacial score (nSPS) is 18.8. The Bertz CT molecular complexity index is 681. The van der Waals surface area contributed by atoms with Crippen LogP contribution < -0.4 is 11.2 Å². The number of nitrogens with one attached hydrogen (secondary N) is 1. The smallest absolute Gasteiger partial charge is 0.336 e. The van der Waals surface area contributed by atoms with E-state index >= 15 is 0 Å². The van der Waals surface area contributed by atoms with Crippen LogP contribution in [0.3, 0.4) is 0 Å². The molecule has 7 heteroatoms. The Morgan fingerprint density at radius 1 is 1.59 bits per heavy atom. The van der Waals surface area contributed by atoms with Crippen molar-refractivity contribution in [3.63, 3.8) is 0 Å². The lowest BCUT2D eigenvalue weighted by Gasteiger charge is -2.25. The zero-order valence-corrected chi connectivity index (χ0v) is 9.34. The molecule has 1 aliphatic heterocycles. The maximum atomic E-state index is 12.1. The number of imidazole rings is 1. The molecule has 1 unspecified atom stereocenters. The third-order valence-electron chi connectivity index (χ3n) is 2.96. The molecule has 2 aromatic rings. The Morgan fingerprint density at radius 2 is 2.41 bits per heavy atom. The Kier molecular flexibility index (Phi) is 2.15. The largest absolute Gasteiger partial charge is 0.339 e. The van der Waals surface area contributed by atoms with Crippen molar-refractivity contribution in [3.8, 4) is 0 Å². The summed E-state index contributed by atoms with van der Waals surface area (Å²) in [5.41, 5.74) is -0.00333. The van der Waals surface area contributed by atoms with E-state index in [1.165, 1.54) is 10.9 Å². The topological polar surface area (TPSA) is 81.9 Å². The van der Waals surface area contributed by atoms with E-state index < -0.39 is 6.23 Å². The molecule has 7 nitrogen and oxygen atoms in total. The maximum Gasteiger partial charge on any atom is 0.336 e. The number of aromatic amines is 1. The summed E-state index contributed by atoms with van der Waals surface area (Å²) in [6.07, 6.45) is 2.44. The van der Waals surface area contributed by atoms with Crippen LogP contribution in [0.15, 0.2) is 15.9 Å². The molecule has 0 aromatic carbocycles. The lowest BCUT2D eigenvalue weighted by Crippen LogP contribution is -2.47.